The molecule has 7 heteroatoms. The van der Waals surface area contributed by atoms with E-state index in [1.165, 1.54) is 19.3 Å². The standard InChI is InChI=1S/C17H26N4O3/c22-15-13-7-4-8-20(13)16(23)14-9-12(10-21(14)15)19-17(24)18-11-5-2-1-3-6-11/h11-14H,1-10H2,(H2,18,19,24)/t12-,13+,14-/m0/s1. The molecule has 4 amide bonds. The van der Waals surface area contributed by atoms with Crippen molar-refractivity contribution >= 4 is 17.8 Å². The van der Waals surface area contributed by atoms with E-state index in [1.54, 1.807) is 9.80 Å². The summed E-state index contributed by atoms with van der Waals surface area (Å²) in [6.45, 7) is 1.15. The van der Waals surface area contributed by atoms with E-state index in [0.29, 0.717) is 19.5 Å². The Hall–Kier alpha value is -1.79. The molecule has 4 fully saturated rings. The van der Waals surface area contributed by atoms with Crippen LogP contribution < -0.4 is 10.6 Å². The first kappa shape index (κ1) is 15.7. The van der Waals surface area contributed by atoms with Gasteiger partial charge in [0.25, 0.3) is 0 Å². The van der Waals surface area contributed by atoms with E-state index in [2.05, 4.69) is 10.6 Å². The third kappa shape index (κ3) is 2.74. The number of hydrogen-bond acceptors (Lipinski definition) is 3. The van der Waals surface area contributed by atoms with Gasteiger partial charge in [0.15, 0.2) is 0 Å². The second kappa shape index (κ2) is 6.26. The molecule has 2 N–H and O–H groups in total. The van der Waals surface area contributed by atoms with Crippen LogP contribution in [0.2, 0.25) is 0 Å². The maximum absolute atomic E-state index is 12.6. The lowest BCUT2D eigenvalue weighted by Gasteiger charge is -2.38. The Balaban J connectivity index is 1.35. The van der Waals surface area contributed by atoms with Crippen LogP contribution in [-0.2, 0) is 9.59 Å². The zero-order valence-electron chi connectivity index (χ0n) is 14.0. The summed E-state index contributed by atoms with van der Waals surface area (Å²) in [5, 5.41) is 6.02. The predicted octanol–water partition coefficient (Wildman–Crippen LogP) is 0.592. The van der Waals surface area contributed by atoms with Crippen LogP contribution in [0.5, 0.6) is 0 Å². The van der Waals surface area contributed by atoms with Crippen LogP contribution in [0.25, 0.3) is 0 Å². The number of nitrogens with one attached hydrogen (secondary N) is 2. The number of nitrogens with zero attached hydrogens (tertiary/aromatic N) is 2. The minimum Gasteiger partial charge on any atom is -0.335 e. The van der Waals surface area contributed by atoms with Crippen molar-refractivity contribution in [3.05, 3.63) is 0 Å². The van der Waals surface area contributed by atoms with E-state index in [0.717, 1.165) is 25.7 Å². The summed E-state index contributed by atoms with van der Waals surface area (Å²) in [5.41, 5.74) is 0. The molecule has 0 unspecified atom stereocenters. The number of fused-ring (bicyclic) bond motifs is 2. The lowest BCUT2D eigenvalue weighted by molar-refractivity contribution is -0.156. The van der Waals surface area contributed by atoms with Crippen molar-refractivity contribution in [2.75, 3.05) is 13.1 Å². The zero-order chi connectivity index (χ0) is 16.7. The lowest BCUT2D eigenvalue weighted by Crippen LogP contribution is -2.60. The fourth-order valence-corrected chi connectivity index (χ4v) is 4.75. The highest BCUT2D eigenvalue weighted by molar-refractivity contribution is 5.98. The minimum absolute atomic E-state index is 0.0640. The summed E-state index contributed by atoms with van der Waals surface area (Å²) in [5.74, 6) is 0.128. The predicted molar refractivity (Wildman–Crippen MR) is 87.2 cm³/mol. The Bertz CT molecular complexity index is 516. The SMILES string of the molecule is O=C(NC1CCCCC1)N[C@H]1C[C@H]2C(=O)N3CCC[C@@H]3C(=O)N2C1. The van der Waals surface area contributed by atoms with E-state index < -0.39 is 0 Å². The number of amides is 4. The van der Waals surface area contributed by atoms with Crippen LogP contribution in [0.15, 0.2) is 0 Å². The number of rotatable bonds is 2. The molecule has 24 heavy (non-hydrogen) atoms. The van der Waals surface area contributed by atoms with Crippen molar-refractivity contribution in [3.8, 4) is 0 Å². The van der Waals surface area contributed by atoms with Gasteiger partial charge < -0.3 is 20.4 Å². The van der Waals surface area contributed by atoms with Gasteiger partial charge in [-0.25, -0.2) is 4.79 Å². The zero-order valence-corrected chi connectivity index (χ0v) is 14.0. The number of carbonyl (C=O) groups is 3. The van der Waals surface area contributed by atoms with Gasteiger partial charge in [0, 0.05) is 19.1 Å². The Morgan fingerprint density at radius 1 is 0.833 bits per heavy atom. The maximum atomic E-state index is 12.6. The minimum atomic E-state index is -0.383. The molecule has 3 aliphatic heterocycles. The molecule has 0 aromatic rings. The van der Waals surface area contributed by atoms with E-state index >= 15 is 0 Å². The molecular weight excluding hydrogens is 308 g/mol. The van der Waals surface area contributed by atoms with Gasteiger partial charge in [-0.15, -0.1) is 0 Å². The first-order valence-electron chi connectivity index (χ1n) is 9.31. The van der Waals surface area contributed by atoms with Crippen molar-refractivity contribution in [2.24, 2.45) is 0 Å². The molecule has 7 nitrogen and oxygen atoms in total. The van der Waals surface area contributed by atoms with Gasteiger partial charge in [-0.2, -0.15) is 0 Å². The van der Waals surface area contributed by atoms with E-state index in [9.17, 15) is 14.4 Å². The van der Waals surface area contributed by atoms with E-state index in [1.807, 2.05) is 0 Å². The molecule has 1 saturated carbocycles. The average molecular weight is 334 g/mol. The van der Waals surface area contributed by atoms with Crippen LogP contribution in [0.3, 0.4) is 0 Å². The highest BCUT2D eigenvalue weighted by Gasteiger charge is 2.51. The molecule has 1 aliphatic carbocycles. The Morgan fingerprint density at radius 3 is 2.33 bits per heavy atom. The van der Waals surface area contributed by atoms with Gasteiger partial charge in [-0.05, 0) is 32.1 Å². The van der Waals surface area contributed by atoms with Crippen molar-refractivity contribution in [1.82, 2.24) is 20.4 Å². The monoisotopic (exact) mass is 334 g/mol. The van der Waals surface area contributed by atoms with Gasteiger partial charge in [0.2, 0.25) is 11.8 Å². The van der Waals surface area contributed by atoms with Gasteiger partial charge >= 0.3 is 6.03 Å². The molecule has 3 saturated heterocycles. The largest absolute Gasteiger partial charge is 0.335 e. The van der Waals surface area contributed by atoms with Crippen LogP contribution >= 0.6 is 0 Å². The van der Waals surface area contributed by atoms with Gasteiger partial charge in [-0.1, -0.05) is 19.3 Å². The number of hydrogen-bond donors (Lipinski definition) is 2. The molecule has 4 rings (SSSR count). The normalized spacial score (nSPS) is 33.4. The number of carbonyl (C=O) groups excluding carboxylic acids is 3. The number of urea groups is 1. The summed E-state index contributed by atoms with van der Waals surface area (Å²) < 4.78 is 0. The molecule has 0 spiro atoms. The molecule has 132 valence electrons. The maximum Gasteiger partial charge on any atom is 0.315 e. The van der Waals surface area contributed by atoms with E-state index in [4.69, 9.17) is 0 Å². The molecule has 0 aromatic heterocycles. The molecule has 4 aliphatic rings. The third-order valence-corrected chi connectivity index (χ3v) is 5.97. The van der Waals surface area contributed by atoms with Gasteiger partial charge in [0.1, 0.15) is 12.1 Å². The summed E-state index contributed by atoms with van der Waals surface area (Å²) >= 11 is 0. The van der Waals surface area contributed by atoms with Crippen LogP contribution in [-0.4, -0.2) is 64.9 Å². The summed E-state index contributed by atoms with van der Waals surface area (Å²) in [4.78, 5) is 40.8. The van der Waals surface area contributed by atoms with Crippen molar-refractivity contribution in [1.29, 1.82) is 0 Å². The average Bonchev–Trinajstić information content (AvgIpc) is 3.21. The third-order valence-electron chi connectivity index (χ3n) is 5.97. The molecule has 3 heterocycles. The molecule has 0 bridgehead atoms. The molecular formula is C17H26N4O3. The van der Waals surface area contributed by atoms with Crippen LogP contribution in [0, 0.1) is 0 Å². The lowest BCUT2D eigenvalue weighted by atomic mass is 9.96. The highest BCUT2D eigenvalue weighted by atomic mass is 16.2. The first-order chi connectivity index (χ1) is 11.6. The van der Waals surface area contributed by atoms with Crippen molar-refractivity contribution < 1.29 is 14.4 Å². The number of piperazine rings is 1. The van der Waals surface area contributed by atoms with Crippen LogP contribution in [0.4, 0.5) is 4.79 Å². The quantitative estimate of drug-likeness (QED) is 0.775. The Morgan fingerprint density at radius 2 is 1.54 bits per heavy atom. The molecule has 3 atom stereocenters. The van der Waals surface area contributed by atoms with E-state index in [-0.39, 0.29) is 42.0 Å². The van der Waals surface area contributed by atoms with Gasteiger partial charge in [-0.3, -0.25) is 9.59 Å². The Labute approximate surface area is 142 Å². The highest BCUT2D eigenvalue weighted by Crippen LogP contribution is 2.32. The van der Waals surface area contributed by atoms with Crippen LogP contribution in [0.1, 0.15) is 51.4 Å². The smallest absolute Gasteiger partial charge is 0.315 e. The van der Waals surface area contributed by atoms with Crippen molar-refractivity contribution in [3.63, 3.8) is 0 Å². The first-order valence-corrected chi connectivity index (χ1v) is 9.31. The fraction of sp³-hybridized carbons (Fsp3) is 0.824. The molecule has 0 aromatic carbocycles. The second-order valence-corrected chi connectivity index (χ2v) is 7.58. The molecule has 0 radical (unpaired) electrons. The van der Waals surface area contributed by atoms with Crippen molar-refractivity contribution in [2.45, 2.75) is 75.5 Å². The Kier molecular flexibility index (Phi) is 4.10. The summed E-state index contributed by atoms with van der Waals surface area (Å²) in [7, 11) is 0. The van der Waals surface area contributed by atoms with Gasteiger partial charge in [0.05, 0.1) is 6.04 Å². The fourth-order valence-electron chi connectivity index (χ4n) is 4.75. The summed E-state index contributed by atoms with van der Waals surface area (Å²) in [6.07, 6.45) is 7.89. The summed E-state index contributed by atoms with van der Waals surface area (Å²) in [6, 6.07) is -0.675. The topological polar surface area (TPSA) is 81.8 Å². The second-order valence-electron chi connectivity index (χ2n) is 7.58.